The number of halogens is 3. The van der Waals surface area contributed by atoms with Crippen LogP contribution in [0.15, 0.2) is 24.3 Å². The summed E-state index contributed by atoms with van der Waals surface area (Å²) in [6.45, 7) is 1.38. The van der Waals surface area contributed by atoms with E-state index in [2.05, 4.69) is 4.18 Å². The van der Waals surface area contributed by atoms with Crippen LogP contribution >= 0.6 is 0 Å². The number of alkyl halides is 3. The van der Waals surface area contributed by atoms with Gasteiger partial charge in [-0.05, 0) is 18.1 Å². The highest BCUT2D eigenvalue weighted by atomic mass is 32.3. The Bertz CT molecular complexity index is 495. The molecule has 0 spiro atoms. The maximum atomic E-state index is 12.6. The minimum Gasteiger partial charge on any atom is -0.264 e. The third-order valence-corrected chi connectivity index (χ3v) is 2.42. The molecule has 0 saturated heterocycles. The molecule has 17 heavy (non-hydrogen) atoms. The number of aryl methyl sites for hydroxylation is 1. The molecular weight excluding hydrogens is 261 g/mol. The Balaban J connectivity index is 3.22. The standard InChI is InChI=1S/C9H9F3O4S/c1-6-4-2-3-5-7(6)8(9(10,11)12)16-17(13,14)15/h2-5,8H,1H3,(H,13,14,15). The van der Waals surface area contributed by atoms with Crippen LogP contribution in [0, 0.1) is 6.92 Å². The van der Waals surface area contributed by atoms with Crippen LogP contribution in [-0.4, -0.2) is 19.1 Å². The maximum absolute atomic E-state index is 12.6. The van der Waals surface area contributed by atoms with E-state index in [9.17, 15) is 21.6 Å². The Hall–Kier alpha value is -1.12. The van der Waals surface area contributed by atoms with E-state index in [1.807, 2.05) is 0 Å². The van der Waals surface area contributed by atoms with Crippen molar-refractivity contribution in [3.8, 4) is 0 Å². The summed E-state index contributed by atoms with van der Waals surface area (Å²) in [4.78, 5) is 0. The van der Waals surface area contributed by atoms with Crippen molar-refractivity contribution in [3.05, 3.63) is 35.4 Å². The van der Waals surface area contributed by atoms with E-state index >= 15 is 0 Å². The van der Waals surface area contributed by atoms with Gasteiger partial charge in [-0.15, -0.1) is 0 Å². The van der Waals surface area contributed by atoms with Crippen molar-refractivity contribution in [1.29, 1.82) is 0 Å². The SMILES string of the molecule is Cc1ccccc1C(OS(=O)(=O)O)C(F)(F)F. The molecule has 8 heteroatoms. The third-order valence-electron chi connectivity index (χ3n) is 1.99. The van der Waals surface area contributed by atoms with Crippen molar-refractivity contribution in [2.45, 2.75) is 19.2 Å². The van der Waals surface area contributed by atoms with Gasteiger partial charge in [0.2, 0.25) is 0 Å². The van der Waals surface area contributed by atoms with Crippen LogP contribution in [0.5, 0.6) is 0 Å². The smallest absolute Gasteiger partial charge is 0.264 e. The summed E-state index contributed by atoms with van der Waals surface area (Å²) in [6.07, 6.45) is -7.65. The normalized spacial score (nSPS) is 14.6. The summed E-state index contributed by atoms with van der Waals surface area (Å²) in [5.41, 5.74) is -0.156. The summed E-state index contributed by atoms with van der Waals surface area (Å²) in [5, 5.41) is 0. The Kier molecular flexibility index (Phi) is 3.80. The lowest BCUT2D eigenvalue weighted by molar-refractivity contribution is -0.198. The van der Waals surface area contributed by atoms with Gasteiger partial charge >= 0.3 is 16.6 Å². The second-order valence-electron chi connectivity index (χ2n) is 3.30. The van der Waals surface area contributed by atoms with Crippen molar-refractivity contribution in [2.24, 2.45) is 0 Å². The number of hydrogen-bond donors (Lipinski definition) is 1. The van der Waals surface area contributed by atoms with Gasteiger partial charge in [-0.3, -0.25) is 4.55 Å². The van der Waals surface area contributed by atoms with Gasteiger partial charge in [-0.25, -0.2) is 4.18 Å². The average molecular weight is 270 g/mol. The lowest BCUT2D eigenvalue weighted by Crippen LogP contribution is -2.26. The predicted molar refractivity (Wildman–Crippen MR) is 52.6 cm³/mol. The molecule has 0 aliphatic carbocycles. The lowest BCUT2D eigenvalue weighted by atomic mass is 10.0. The fourth-order valence-corrected chi connectivity index (χ4v) is 1.74. The first kappa shape index (κ1) is 13.9. The molecule has 96 valence electrons. The number of benzene rings is 1. The van der Waals surface area contributed by atoms with Crippen molar-refractivity contribution < 1.29 is 30.3 Å². The zero-order chi connectivity index (χ0) is 13.3. The highest BCUT2D eigenvalue weighted by Crippen LogP contribution is 2.37. The van der Waals surface area contributed by atoms with Crippen LogP contribution in [0.4, 0.5) is 13.2 Å². The molecule has 1 rings (SSSR count). The average Bonchev–Trinajstić information content (AvgIpc) is 2.12. The Morgan fingerprint density at radius 3 is 2.24 bits per heavy atom. The zero-order valence-corrected chi connectivity index (χ0v) is 9.42. The summed E-state index contributed by atoms with van der Waals surface area (Å²) in [7, 11) is -5.19. The van der Waals surface area contributed by atoms with Gasteiger partial charge in [0.05, 0.1) is 0 Å². The molecule has 0 aliphatic heterocycles. The topological polar surface area (TPSA) is 63.6 Å². The van der Waals surface area contributed by atoms with Crippen LogP contribution in [0.3, 0.4) is 0 Å². The molecule has 1 aromatic carbocycles. The molecule has 0 bridgehead atoms. The van der Waals surface area contributed by atoms with E-state index in [0.29, 0.717) is 0 Å². The second-order valence-corrected chi connectivity index (χ2v) is 4.35. The number of rotatable bonds is 3. The van der Waals surface area contributed by atoms with Crippen molar-refractivity contribution in [2.75, 3.05) is 0 Å². The van der Waals surface area contributed by atoms with Gasteiger partial charge in [-0.1, -0.05) is 24.3 Å². The zero-order valence-electron chi connectivity index (χ0n) is 8.60. The first-order valence-corrected chi connectivity index (χ1v) is 5.76. The minimum absolute atomic E-state index is 0.207. The van der Waals surface area contributed by atoms with E-state index in [1.165, 1.54) is 25.1 Å². The molecule has 1 aromatic rings. The monoisotopic (exact) mass is 270 g/mol. The fourth-order valence-electron chi connectivity index (χ4n) is 1.29. The molecule has 0 amide bonds. The van der Waals surface area contributed by atoms with Gasteiger partial charge in [0.25, 0.3) is 0 Å². The summed E-state index contributed by atoms with van der Waals surface area (Å²) < 4.78 is 70.7. The van der Waals surface area contributed by atoms with Crippen molar-refractivity contribution >= 4 is 10.4 Å². The minimum atomic E-state index is -5.19. The van der Waals surface area contributed by atoms with Crippen LogP contribution in [0.25, 0.3) is 0 Å². The van der Waals surface area contributed by atoms with E-state index in [4.69, 9.17) is 4.55 Å². The highest BCUT2D eigenvalue weighted by Gasteiger charge is 2.45. The largest absolute Gasteiger partial charge is 0.420 e. The second kappa shape index (κ2) is 4.63. The van der Waals surface area contributed by atoms with Gasteiger partial charge in [0, 0.05) is 0 Å². The third kappa shape index (κ3) is 3.99. The molecule has 4 nitrogen and oxygen atoms in total. The first-order chi connectivity index (χ1) is 7.61. The lowest BCUT2D eigenvalue weighted by Gasteiger charge is -2.20. The molecule has 0 radical (unpaired) electrons. The molecule has 1 N–H and O–H groups in total. The Labute approximate surface area is 96.0 Å². The predicted octanol–water partition coefficient (Wildman–Crippen LogP) is 2.42. The Morgan fingerprint density at radius 2 is 1.82 bits per heavy atom. The molecule has 0 saturated carbocycles. The van der Waals surface area contributed by atoms with Gasteiger partial charge in [0.15, 0.2) is 6.10 Å². The van der Waals surface area contributed by atoms with Crippen LogP contribution in [0.1, 0.15) is 17.2 Å². The molecular formula is C9H9F3O4S. The molecule has 0 aliphatic rings. The first-order valence-electron chi connectivity index (χ1n) is 4.39. The molecule has 0 fully saturated rings. The number of hydrogen-bond acceptors (Lipinski definition) is 3. The van der Waals surface area contributed by atoms with Crippen LogP contribution < -0.4 is 0 Å². The van der Waals surface area contributed by atoms with Crippen LogP contribution in [-0.2, 0) is 14.6 Å². The van der Waals surface area contributed by atoms with Crippen molar-refractivity contribution in [1.82, 2.24) is 0 Å². The molecule has 1 atom stereocenters. The van der Waals surface area contributed by atoms with Crippen LogP contribution in [0.2, 0.25) is 0 Å². The van der Waals surface area contributed by atoms with E-state index < -0.39 is 22.7 Å². The molecule has 0 aromatic heterocycles. The summed E-state index contributed by atoms with van der Waals surface area (Å²) >= 11 is 0. The summed E-state index contributed by atoms with van der Waals surface area (Å²) in [6, 6.07) is 5.27. The molecule has 0 heterocycles. The maximum Gasteiger partial charge on any atom is 0.420 e. The van der Waals surface area contributed by atoms with E-state index in [1.54, 1.807) is 0 Å². The van der Waals surface area contributed by atoms with E-state index in [-0.39, 0.29) is 11.1 Å². The fraction of sp³-hybridized carbons (Fsp3) is 0.333. The quantitative estimate of drug-likeness (QED) is 0.857. The highest BCUT2D eigenvalue weighted by molar-refractivity contribution is 7.80. The van der Waals surface area contributed by atoms with Gasteiger partial charge < -0.3 is 0 Å². The van der Waals surface area contributed by atoms with Gasteiger partial charge in [0.1, 0.15) is 0 Å². The van der Waals surface area contributed by atoms with Gasteiger partial charge in [-0.2, -0.15) is 21.6 Å². The van der Waals surface area contributed by atoms with E-state index in [0.717, 1.165) is 6.07 Å². The molecule has 1 unspecified atom stereocenters. The summed E-state index contributed by atoms with van der Waals surface area (Å²) in [5.74, 6) is 0. The van der Waals surface area contributed by atoms with Crippen molar-refractivity contribution in [3.63, 3.8) is 0 Å². The Morgan fingerprint density at radius 1 is 1.29 bits per heavy atom.